The molecule has 2 aliphatic rings. The first-order chi connectivity index (χ1) is 22.1. The van der Waals surface area contributed by atoms with Crippen LogP contribution in [0.3, 0.4) is 0 Å². The predicted molar refractivity (Wildman–Crippen MR) is 173 cm³/mol. The van der Waals surface area contributed by atoms with E-state index in [4.69, 9.17) is 18.9 Å². The van der Waals surface area contributed by atoms with E-state index < -0.39 is 20.0 Å². The summed E-state index contributed by atoms with van der Waals surface area (Å²) < 4.78 is 25.6. The van der Waals surface area contributed by atoms with Gasteiger partial charge in [-0.1, -0.05) is 84.9 Å². The summed E-state index contributed by atoms with van der Waals surface area (Å²) >= 11 is 0. The number of rotatable bonds is 4. The summed E-state index contributed by atoms with van der Waals surface area (Å²) in [6, 6.07) is 44.5. The van der Waals surface area contributed by atoms with Crippen LogP contribution in [-0.4, -0.2) is 20.0 Å². The molecule has 1 spiro atoms. The van der Waals surface area contributed by atoms with Gasteiger partial charge in [0.15, 0.2) is 0 Å². The van der Waals surface area contributed by atoms with Crippen LogP contribution in [0.15, 0.2) is 146 Å². The Labute approximate surface area is 260 Å². The summed E-state index contributed by atoms with van der Waals surface area (Å²) in [4.78, 5) is 27.1. The third-order valence-corrected chi connectivity index (χ3v) is 13.1. The molecule has 216 valence electrons. The molecule has 6 aromatic rings. The summed E-state index contributed by atoms with van der Waals surface area (Å²) in [6.45, 7) is 0. The zero-order valence-corrected chi connectivity index (χ0v) is 24.8. The number of ether oxygens (including phenoxy) is 4. The van der Waals surface area contributed by atoms with Gasteiger partial charge in [0.25, 0.3) is 0 Å². The summed E-state index contributed by atoms with van der Waals surface area (Å²) in [6.07, 6.45) is 0. The van der Waals surface area contributed by atoms with Gasteiger partial charge >= 0.3 is 11.9 Å². The highest BCUT2D eigenvalue weighted by atomic mass is 28.3. The molecule has 0 amide bonds. The maximum absolute atomic E-state index is 13.5. The van der Waals surface area contributed by atoms with Crippen LogP contribution in [0.2, 0.25) is 0 Å². The molecular weight excluding hydrogens is 580 g/mol. The van der Waals surface area contributed by atoms with Gasteiger partial charge in [-0.2, -0.15) is 0 Å². The van der Waals surface area contributed by atoms with Gasteiger partial charge in [-0.25, -0.2) is 9.59 Å². The number of carbonyl (C=O) groups excluding carboxylic acids is 2. The van der Waals surface area contributed by atoms with Crippen molar-refractivity contribution in [3.05, 3.63) is 157 Å². The summed E-state index contributed by atoms with van der Waals surface area (Å²) in [5.74, 6) is 2.23. The molecule has 0 bridgehead atoms. The molecule has 6 nitrogen and oxygen atoms in total. The van der Waals surface area contributed by atoms with Crippen molar-refractivity contribution in [2.75, 3.05) is 0 Å². The average Bonchev–Trinajstić information content (AvgIpc) is 3.09. The zero-order valence-electron chi connectivity index (χ0n) is 23.8. The van der Waals surface area contributed by atoms with Gasteiger partial charge in [0.05, 0.1) is 11.1 Å². The van der Waals surface area contributed by atoms with Crippen molar-refractivity contribution in [1.29, 1.82) is 0 Å². The van der Waals surface area contributed by atoms with Gasteiger partial charge in [-0.3, -0.25) is 0 Å². The second kappa shape index (κ2) is 10.7. The monoisotopic (exact) mass is 604 g/mol. The minimum atomic E-state index is -3.48. The molecule has 0 N–H and O–H groups in total. The third kappa shape index (κ3) is 4.24. The Kier molecular flexibility index (Phi) is 6.32. The van der Waals surface area contributed by atoms with Crippen molar-refractivity contribution < 1.29 is 28.5 Å². The van der Waals surface area contributed by atoms with E-state index in [0.29, 0.717) is 45.6 Å². The normalized spacial score (nSPS) is 13.2. The number of carbonyl (C=O) groups is 2. The van der Waals surface area contributed by atoms with E-state index in [1.54, 1.807) is 60.7 Å². The lowest BCUT2D eigenvalue weighted by Crippen LogP contribution is -2.77. The molecule has 0 atom stereocenters. The first-order valence-corrected chi connectivity index (χ1v) is 16.5. The highest BCUT2D eigenvalue weighted by Gasteiger charge is 2.56. The molecule has 45 heavy (non-hydrogen) atoms. The van der Waals surface area contributed by atoms with E-state index in [9.17, 15) is 9.59 Å². The Hall–Kier alpha value is -5.92. The Morgan fingerprint density at radius 1 is 0.422 bits per heavy atom. The maximum atomic E-state index is 13.5. The number of hydrogen-bond acceptors (Lipinski definition) is 6. The first-order valence-electron chi connectivity index (χ1n) is 14.5. The SMILES string of the molecule is O=C(Oc1cccc2c1[Si]1(c3ccccc3O2)c2ccccc2Oc2cccc(OC(=O)c3ccccc3)c21)c1ccccc1. The minimum absolute atomic E-state index is 0.370. The number of para-hydroxylation sites is 2. The molecule has 6 aromatic carbocycles. The quantitative estimate of drug-likeness (QED) is 0.146. The minimum Gasteiger partial charge on any atom is -0.457 e. The predicted octanol–water partition coefficient (Wildman–Crippen LogP) is 5.71. The summed E-state index contributed by atoms with van der Waals surface area (Å²) in [5, 5.41) is 3.29. The fraction of sp³-hybridized carbons (Fsp3) is 0. The van der Waals surface area contributed by atoms with Crippen LogP contribution < -0.4 is 39.7 Å². The molecule has 7 heteroatoms. The molecule has 0 fully saturated rings. The smallest absolute Gasteiger partial charge is 0.343 e. The van der Waals surface area contributed by atoms with E-state index >= 15 is 0 Å². The highest BCUT2D eigenvalue weighted by Crippen LogP contribution is 2.40. The van der Waals surface area contributed by atoms with E-state index in [1.165, 1.54) is 0 Å². The fourth-order valence-electron chi connectivity index (χ4n) is 6.34. The van der Waals surface area contributed by atoms with Crippen molar-refractivity contribution in [2.45, 2.75) is 0 Å². The lowest BCUT2D eigenvalue weighted by molar-refractivity contribution is 0.0727. The van der Waals surface area contributed by atoms with Crippen molar-refractivity contribution in [3.63, 3.8) is 0 Å². The van der Waals surface area contributed by atoms with Crippen LogP contribution in [0.5, 0.6) is 34.5 Å². The van der Waals surface area contributed by atoms with Gasteiger partial charge < -0.3 is 18.9 Å². The molecule has 0 saturated heterocycles. The lowest BCUT2D eigenvalue weighted by atomic mass is 10.2. The molecule has 2 aliphatic heterocycles. The second-order valence-corrected chi connectivity index (χ2v) is 14.3. The number of benzene rings is 6. The van der Waals surface area contributed by atoms with Crippen LogP contribution in [0.25, 0.3) is 0 Å². The molecule has 2 heterocycles. The van der Waals surface area contributed by atoms with Crippen molar-refractivity contribution in [2.24, 2.45) is 0 Å². The van der Waals surface area contributed by atoms with Crippen LogP contribution >= 0.6 is 0 Å². The number of fused-ring (bicyclic) bond motifs is 8. The maximum Gasteiger partial charge on any atom is 0.343 e. The molecule has 0 aromatic heterocycles. The van der Waals surface area contributed by atoms with E-state index in [2.05, 4.69) is 0 Å². The van der Waals surface area contributed by atoms with E-state index in [0.717, 1.165) is 20.7 Å². The average molecular weight is 605 g/mol. The second-order valence-electron chi connectivity index (χ2n) is 10.7. The van der Waals surface area contributed by atoms with Gasteiger partial charge in [-0.15, -0.1) is 0 Å². The number of hydrogen-bond donors (Lipinski definition) is 0. The Morgan fingerprint density at radius 3 is 1.24 bits per heavy atom. The Bertz CT molecular complexity index is 1960. The van der Waals surface area contributed by atoms with Crippen molar-refractivity contribution >= 4 is 40.8 Å². The van der Waals surface area contributed by atoms with Gasteiger partial charge in [0, 0.05) is 10.4 Å². The van der Waals surface area contributed by atoms with Gasteiger partial charge in [0.1, 0.15) is 34.5 Å². The fourth-order valence-corrected chi connectivity index (χ4v) is 11.7. The van der Waals surface area contributed by atoms with Crippen molar-refractivity contribution in [3.8, 4) is 34.5 Å². The van der Waals surface area contributed by atoms with E-state index in [-0.39, 0.29) is 0 Å². The number of esters is 2. The first kappa shape index (κ1) is 26.7. The van der Waals surface area contributed by atoms with Gasteiger partial charge in [-0.05, 0) is 71.0 Å². The summed E-state index contributed by atoms with van der Waals surface area (Å²) in [7, 11) is -3.48. The van der Waals surface area contributed by atoms with E-state index in [1.807, 2.05) is 84.9 Å². The van der Waals surface area contributed by atoms with Gasteiger partial charge in [0.2, 0.25) is 8.07 Å². The topological polar surface area (TPSA) is 71.1 Å². The highest BCUT2D eigenvalue weighted by molar-refractivity contribution is 7.22. The third-order valence-electron chi connectivity index (χ3n) is 8.17. The molecule has 0 saturated carbocycles. The molecule has 0 radical (unpaired) electrons. The molecule has 0 unspecified atom stereocenters. The molecular formula is C38H24O6Si. The largest absolute Gasteiger partial charge is 0.457 e. The van der Waals surface area contributed by atoms with Crippen LogP contribution in [0.1, 0.15) is 20.7 Å². The van der Waals surface area contributed by atoms with Crippen LogP contribution in [-0.2, 0) is 0 Å². The Morgan fingerprint density at radius 2 is 0.800 bits per heavy atom. The lowest BCUT2D eigenvalue weighted by Gasteiger charge is -2.43. The van der Waals surface area contributed by atoms with Crippen LogP contribution in [0.4, 0.5) is 0 Å². The van der Waals surface area contributed by atoms with Crippen LogP contribution in [0, 0.1) is 0 Å². The summed E-state index contributed by atoms with van der Waals surface area (Å²) in [5.41, 5.74) is 0.849. The van der Waals surface area contributed by atoms with Crippen molar-refractivity contribution in [1.82, 2.24) is 0 Å². The Balaban J connectivity index is 1.43. The molecule has 0 aliphatic carbocycles. The molecule has 8 rings (SSSR count). The standard InChI is InChI=1S/C38H24O6Si/c39-37(25-13-3-1-4-14-25)43-31-21-11-19-29-35(31)45(33-23-9-7-17-27(33)41-29)34-24-10-8-18-28(34)42-30-20-12-22-32(36(30)45)44-38(40)26-15-5-2-6-16-26/h1-24H. The zero-order chi connectivity index (χ0) is 30.4.